The molecule has 0 saturated carbocycles. The molecule has 10 heteroatoms. The fourth-order valence-corrected chi connectivity index (χ4v) is 0. The summed E-state index contributed by atoms with van der Waals surface area (Å²) in [5, 5.41) is 57.2. The Hall–Kier alpha value is 1.77. The van der Waals surface area contributed by atoms with Crippen LogP contribution in [-0.4, -0.2) is 36.6 Å². The summed E-state index contributed by atoms with van der Waals surface area (Å²) in [6, 6.07) is 0. The van der Waals surface area contributed by atoms with Gasteiger partial charge < -0.3 is 55.5 Å². The monoisotopic (exact) mass is 520 g/mol. The first-order chi connectivity index (χ1) is 10.4. The number of hydrogen-bond donors (Lipinski definition) is 0. The van der Waals surface area contributed by atoms with Crippen LogP contribution in [0.4, 0.5) is 0 Å². The zero-order valence-electron chi connectivity index (χ0n) is 19.7. The second-order valence-electron chi connectivity index (χ2n) is 6.29. The van der Waals surface area contributed by atoms with Gasteiger partial charge in [-0.1, -0.05) is 83.1 Å². The van der Waals surface area contributed by atoms with Crippen LogP contribution in [0.5, 0.6) is 0 Å². The van der Waals surface area contributed by atoms with Gasteiger partial charge >= 0.3 is 43.4 Å². The normalized spacial score (nSPS) is 7.71. The van der Waals surface area contributed by atoms with Gasteiger partial charge in [0.05, 0.1) is 0 Å². The summed E-state index contributed by atoms with van der Waals surface area (Å²) in [5.74, 6) is 0. The SMILES string of the molecule is CC(C)[O-].CC(C)[O-].CC(C)[O-].CC(C)[O-].CC(C)[O-].CC(C)[O-].[Cl-].[Cl-].[Ti+4].[Ti+4]. The Morgan fingerprint density at radius 1 is 0.286 bits per heavy atom. The molecule has 0 N–H and O–H groups in total. The second kappa shape index (κ2) is 56.8. The first-order valence-electron chi connectivity index (χ1n) is 8.34. The van der Waals surface area contributed by atoms with E-state index in [0.29, 0.717) is 0 Å². The first kappa shape index (κ1) is 63.0. The summed E-state index contributed by atoms with van der Waals surface area (Å²) in [6.45, 7) is 19.3. The predicted octanol–water partition coefficient (Wildman–Crippen LogP) is -7.47. The van der Waals surface area contributed by atoms with Crippen molar-refractivity contribution in [2.75, 3.05) is 0 Å². The Labute approximate surface area is 217 Å². The van der Waals surface area contributed by atoms with Gasteiger partial charge in [-0.15, -0.1) is 36.6 Å². The minimum Gasteiger partial charge on any atom is -1.00 e. The van der Waals surface area contributed by atoms with E-state index in [4.69, 9.17) is 0 Å². The van der Waals surface area contributed by atoms with Gasteiger partial charge in [0.2, 0.25) is 0 Å². The van der Waals surface area contributed by atoms with E-state index in [1.54, 1.807) is 83.1 Å². The van der Waals surface area contributed by atoms with Gasteiger partial charge in [-0.25, -0.2) is 0 Å². The van der Waals surface area contributed by atoms with Crippen molar-refractivity contribution in [3.63, 3.8) is 0 Å². The number of halogens is 2. The Balaban J connectivity index is -0.0000000169. The van der Waals surface area contributed by atoms with Crippen molar-refractivity contribution >= 4 is 0 Å². The molecule has 0 amide bonds. The molecule has 0 heterocycles. The summed E-state index contributed by atoms with van der Waals surface area (Å²) < 4.78 is 0. The minimum atomic E-state index is -0.417. The summed E-state index contributed by atoms with van der Waals surface area (Å²) in [7, 11) is 0. The maximum absolute atomic E-state index is 9.53. The molecule has 28 heavy (non-hydrogen) atoms. The van der Waals surface area contributed by atoms with E-state index in [1.165, 1.54) is 0 Å². The molecule has 0 rings (SSSR count). The zero-order valence-corrected chi connectivity index (χ0v) is 24.3. The van der Waals surface area contributed by atoms with Crippen LogP contribution in [-0.2, 0) is 43.4 Å². The summed E-state index contributed by atoms with van der Waals surface area (Å²) in [5.41, 5.74) is 0. The smallest absolute Gasteiger partial charge is 1.00 e. The summed E-state index contributed by atoms with van der Waals surface area (Å²) >= 11 is 0. The third-order valence-corrected chi connectivity index (χ3v) is 0. The van der Waals surface area contributed by atoms with Crippen LogP contribution in [0.15, 0.2) is 0 Å². The molecular formula is C18H42Cl2O6Ti2. The molecule has 0 unspecified atom stereocenters. The molecule has 0 fully saturated rings. The Kier molecular flexibility index (Phi) is 128. The van der Waals surface area contributed by atoms with Crippen LogP contribution in [0, 0.1) is 0 Å². The van der Waals surface area contributed by atoms with Crippen LogP contribution >= 0.6 is 0 Å². The van der Waals surface area contributed by atoms with Gasteiger partial charge in [-0.2, -0.15) is 0 Å². The van der Waals surface area contributed by atoms with E-state index in [1.807, 2.05) is 0 Å². The third-order valence-electron chi connectivity index (χ3n) is 0. The molecule has 0 saturated heterocycles. The van der Waals surface area contributed by atoms with Crippen LogP contribution in [0.25, 0.3) is 0 Å². The van der Waals surface area contributed by atoms with Gasteiger partial charge in [0, 0.05) is 0 Å². The van der Waals surface area contributed by atoms with Crippen molar-refractivity contribution in [1.29, 1.82) is 0 Å². The molecule has 0 aromatic rings. The first-order valence-corrected chi connectivity index (χ1v) is 8.34. The van der Waals surface area contributed by atoms with E-state index < -0.39 is 36.6 Å². The average molecular weight is 521 g/mol. The van der Waals surface area contributed by atoms with Crippen molar-refractivity contribution in [3.8, 4) is 0 Å². The number of rotatable bonds is 0. The molecule has 0 aliphatic heterocycles. The summed E-state index contributed by atoms with van der Waals surface area (Å²) in [4.78, 5) is 0. The van der Waals surface area contributed by atoms with E-state index in [0.717, 1.165) is 0 Å². The van der Waals surface area contributed by atoms with Gasteiger partial charge in [0.15, 0.2) is 0 Å². The maximum atomic E-state index is 9.53. The molecule has 172 valence electrons. The standard InChI is InChI=1S/6C3H7O.2ClH.2Ti/c6*1-3(2)4;;;;/h6*3H,1-2H3;2*1H;;/q6*-1;;;2*+4/p-2. The third kappa shape index (κ3) is 6360. The van der Waals surface area contributed by atoms with Crippen LogP contribution in [0.3, 0.4) is 0 Å². The van der Waals surface area contributed by atoms with E-state index in [2.05, 4.69) is 0 Å². The van der Waals surface area contributed by atoms with Crippen molar-refractivity contribution < 1.29 is 98.9 Å². The molecule has 0 radical (unpaired) electrons. The van der Waals surface area contributed by atoms with Crippen LogP contribution in [0.2, 0.25) is 0 Å². The molecule has 6 nitrogen and oxygen atoms in total. The largest absolute Gasteiger partial charge is 4.00 e. The average Bonchev–Trinajstić information content (AvgIpc) is 2.08. The zero-order chi connectivity index (χ0) is 21.5. The number of hydrogen-bond acceptors (Lipinski definition) is 6. The Morgan fingerprint density at radius 2 is 0.286 bits per heavy atom. The van der Waals surface area contributed by atoms with Crippen molar-refractivity contribution in [2.24, 2.45) is 0 Å². The topological polar surface area (TPSA) is 138 Å². The van der Waals surface area contributed by atoms with Crippen LogP contribution in [0.1, 0.15) is 83.1 Å². The van der Waals surface area contributed by atoms with E-state index in [9.17, 15) is 30.6 Å². The molecule has 0 aliphatic rings. The Morgan fingerprint density at radius 3 is 0.286 bits per heavy atom. The van der Waals surface area contributed by atoms with Gasteiger partial charge in [-0.05, 0) is 0 Å². The van der Waals surface area contributed by atoms with Gasteiger partial charge in [0.25, 0.3) is 0 Å². The molecule has 0 spiro atoms. The fraction of sp³-hybridized carbons (Fsp3) is 1.00. The fourth-order valence-electron chi connectivity index (χ4n) is 0. The van der Waals surface area contributed by atoms with Crippen molar-refractivity contribution in [3.05, 3.63) is 0 Å². The molecular weight excluding hydrogens is 479 g/mol. The maximum Gasteiger partial charge on any atom is 4.00 e. The predicted molar refractivity (Wildman–Crippen MR) is 90.8 cm³/mol. The van der Waals surface area contributed by atoms with Gasteiger partial charge in [-0.3, -0.25) is 0 Å². The minimum absolute atomic E-state index is 0. The summed E-state index contributed by atoms with van der Waals surface area (Å²) in [6.07, 6.45) is -2.50. The second-order valence-corrected chi connectivity index (χ2v) is 6.29. The van der Waals surface area contributed by atoms with Crippen molar-refractivity contribution in [1.82, 2.24) is 0 Å². The molecule has 0 aromatic heterocycles. The van der Waals surface area contributed by atoms with E-state index in [-0.39, 0.29) is 68.2 Å². The molecule has 0 aliphatic carbocycles. The molecule has 0 aromatic carbocycles. The van der Waals surface area contributed by atoms with Crippen LogP contribution < -0.4 is 55.5 Å². The quantitative estimate of drug-likeness (QED) is 0.291. The molecule has 0 bridgehead atoms. The van der Waals surface area contributed by atoms with Crippen molar-refractivity contribution in [2.45, 2.75) is 120 Å². The van der Waals surface area contributed by atoms with Gasteiger partial charge in [0.1, 0.15) is 0 Å². The Bertz CT molecular complexity index is 115. The van der Waals surface area contributed by atoms with E-state index >= 15 is 0 Å². The molecule has 0 atom stereocenters.